The predicted molar refractivity (Wildman–Crippen MR) is 98.8 cm³/mol. The van der Waals surface area contributed by atoms with E-state index in [4.69, 9.17) is 4.84 Å². The molecule has 0 atom stereocenters. The van der Waals surface area contributed by atoms with Gasteiger partial charge >= 0.3 is 12.3 Å². The van der Waals surface area contributed by atoms with Gasteiger partial charge in [0.25, 0.3) is 5.82 Å². The van der Waals surface area contributed by atoms with Gasteiger partial charge in [-0.25, -0.2) is 9.31 Å². The number of carbonyl (C=O) groups is 1. The Hall–Kier alpha value is -2.95. The molecule has 0 aliphatic carbocycles. The molecule has 2 aromatic heterocycles. The number of carbonyl (C=O) groups excluding carboxylic acids is 1. The molecule has 1 amide bonds. The third-order valence-corrected chi connectivity index (χ3v) is 5.21. The first-order valence-electron chi connectivity index (χ1n) is 8.10. The fourth-order valence-electron chi connectivity index (χ4n) is 2.59. The number of nitrogens with one attached hydrogen (secondary N) is 1. The van der Waals surface area contributed by atoms with Crippen molar-refractivity contribution < 1.29 is 22.8 Å². The summed E-state index contributed by atoms with van der Waals surface area (Å²) in [7, 11) is 0. The molecule has 148 valence electrons. The van der Waals surface area contributed by atoms with E-state index in [0.29, 0.717) is 22.0 Å². The monoisotopic (exact) mass is 411 g/mol. The summed E-state index contributed by atoms with van der Waals surface area (Å²) in [5.74, 6) is -1.20. The fraction of sp³-hybridized carbons (Fsp3) is 0.294. The number of aromatic nitrogens is 3. The first-order valence-corrected chi connectivity index (χ1v) is 8.92. The lowest BCUT2D eigenvalue weighted by Crippen LogP contribution is -2.14. The Balaban J connectivity index is 1.77. The van der Waals surface area contributed by atoms with Crippen LogP contribution < -0.4 is 5.32 Å². The maximum Gasteiger partial charge on any atom is 0.453 e. The Bertz CT molecular complexity index is 1060. The number of para-hydroxylation sites is 1. The van der Waals surface area contributed by atoms with Crippen molar-refractivity contribution in [2.45, 2.75) is 33.9 Å². The van der Waals surface area contributed by atoms with Gasteiger partial charge < -0.3 is 0 Å². The molecular formula is C17H16F3N5O2S. The Morgan fingerprint density at radius 2 is 1.89 bits per heavy atom. The van der Waals surface area contributed by atoms with Gasteiger partial charge in [0.2, 0.25) is 4.96 Å². The second-order valence-corrected chi connectivity index (χ2v) is 7.07. The van der Waals surface area contributed by atoms with Crippen LogP contribution in [0, 0.1) is 20.8 Å². The van der Waals surface area contributed by atoms with E-state index in [1.54, 1.807) is 13.8 Å². The lowest BCUT2D eigenvalue weighted by atomic mass is 10.1. The van der Waals surface area contributed by atoms with E-state index in [2.05, 4.69) is 20.6 Å². The van der Waals surface area contributed by atoms with Crippen molar-refractivity contribution in [2.75, 3.05) is 5.32 Å². The molecule has 0 unspecified atom stereocenters. The third kappa shape index (κ3) is 3.84. The predicted octanol–water partition coefficient (Wildman–Crippen LogP) is 4.71. The highest BCUT2D eigenvalue weighted by atomic mass is 32.1. The standard InChI is InChI=1S/C17H16F3N5O2S/c1-8-6-5-7-9(2)12(8)21-16(26)27-24-10(3)13-11(4)25-15(28-13)22-14(23-25)17(18,19)20/h5-7H,1-4H3,(H,21,26). The highest BCUT2D eigenvalue weighted by molar-refractivity contribution is 7.19. The van der Waals surface area contributed by atoms with Crippen LogP contribution in [0.15, 0.2) is 23.4 Å². The summed E-state index contributed by atoms with van der Waals surface area (Å²) in [6.07, 6.45) is -5.38. The normalized spacial score (nSPS) is 12.5. The molecule has 11 heteroatoms. The van der Waals surface area contributed by atoms with Crippen LogP contribution in [0.25, 0.3) is 4.96 Å². The number of aryl methyl sites for hydroxylation is 3. The Morgan fingerprint density at radius 3 is 2.46 bits per heavy atom. The molecule has 28 heavy (non-hydrogen) atoms. The third-order valence-electron chi connectivity index (χ3n) is 3.97. The Kier molecular flexibility index (Phi) is 5.11. The van der Waals surface area contributed by atoms with Crippen molar-refractivity contribution in [3.63, 3.8) is 0 Å². The first-order chi connectivity index (χ1) is 13.1. The Morgan fingerprint density at radius 1 is 1.25 bits per heavy atom. The van der Waals surface area contributed by atoms with E-state index in [9.17, 15) is 18.0 Å². The minimum atomic E-state index is -4.61. The van der Waals surface area contributed by atoms with Gasteiger partial charge in [0.05, 0.1) is 16.3 Å². The summed E-state index contributed by atoms with van der Waals surface area (Å²) in [5.41, 5.74) is 3.12. The minimum Gasteiger partial charge on any atom is -0.297 e. The number of benzene rings is 1. The van der Waals surface area contributed by atoms with Crippen LogP contribution in [-0.4, -0.2) is 26.4 Å². The van der Waals surface area contributed by atoms with Crippen LogP contribution in [0.2, 0.25) is 0 Å². The molecule has 1 N–H and O–H groups in total. The van der Waals surface area contributed by atoms with E-state index >= 15 is 0 Å². The fourth-order valence-corrected chi connectivity index (χ4v) is 3.59. The number of amides is 1. The number of rotatable bonds is 3. The van der Waals surface area contributed by atoms with Gasteiger partial charge in [0, 0.05) is 5.69 Å². The zero-order valence-corrected chi connectivity index (χ0v) is 16.2. The maximum atomic E-state index is 12.7. The molecule has 0 aliphatic rings. The van der Waals surface area contributed by atoms with Gasteiger partial charge in [-0.1, -0.05) is 34.7 Å². The lowest BCUT2D eigenvalue weighted by Gasteiger charge is -2.09. The molecule has 1 aromatic carbocycles. The molecule has 0 radical (unpaired) electrons. The molecule has 7 nitrogen and oxygen atoms in total. The smallest absolute Gasteiger partial charge is 0.297 e. The van der Waals surface area contributed by atoms with Crippen molar-refractivity contribution in [1.82, 2.24) is 14.6 Å². The number of nitrogens with zero attached hydrogens (tertiary/aromatic N) is 4. The number of halogens is 3. The average molecular weight is 411 g/mol. The van der Waals surface area contributed by atoms with Crippen LogP contribution >= 0.6 is 11.3 Å². The van der Waals surface area contributed by atoms with E-state index in [1.807, 2.05) is 32.0 Å². The van der Waals surface area contributed by atoms with Crippen molar-refractivity contribution in [2.24, 2.45) is 5.16 Å². The molecule has 0 fully saturated rings. The summed E-state index contributed by atoms with van der Waals surface area (Å²) < 4.78 is 39.2. The highest BCUT2D eigenvalue weighted by Gasteiger charge is 2.37. The van der Waals surface area contributed by atoms with Crippen molar-refractivity contribution in [1.29, 1.82) is 0 Å². The van der Waals surface area contributed by atoms with Crippen LogP contribution in [0.1, 0.15) is 34.4 Å². The van der Waals surface area contributed by atoms with E-state index < -0.39 is 18.1 Å². The summed E-state index contributed by atoms with van der Waals surface area (Å²) in [4.78, 5) is 21.0. The number of hydrogen-bond acceptors (Lipinski definition) is 6. The highest BCUT2D eigenvalue weighted by Crippen LogP contribution is 2.30. The largest absolute Gasteiger partial charge is 0.453 e. The Labute approximate surface area is 161 Å². The zero-order valence-electron chi connectivity index (χ0n) is 15.4. The summed E-state index contributed by atoms with van der Waals surface area (Å²) in [6.45, 7) is 6.87. The van der Waals surface area contributed by atoms with Gasteiger partial charge in [-0.15, -0.1) is 5.10 Å². The first kappa shape index (κ1) is 19.8. The topological polar surface area (TPSA) is 80.9 Å². The van der Waals surface area contributed by atoms with E-state index in [1.165, 1.54) is 0 Å². The zero-order chi connectivity index (χ0) is 20.6. The van der Waals surface area contributed by atoms with Gasteiger partial charge in [0.15, 0.2) is 0 Å². The van der Waals surface area contributed by atoms with Gasteiger partial charge in [0.1, 0.15) is 0 Å². The SMILES string of the molecule is CC(=NOC(=O)Nc1c(C)cccc1C)c1sc2nc(C(F)(F)F)nn2c1C. The molecule has 0 saturated heterocycles. The molecule has 3 aromatic rings. The molecule has 0 aliphatic heterocycles. The van der Waals surface area contributed by atoms with Crippen LogP contribution in [-0.2, 0) is 11.0 Å². The lowest BCUT2D eigenvalue weighted by molar-refractivity contribution is -0.144. The molecule has 0 spiro atoms. The number of thiazole rings is 1. The quantitative estimate of drug-likeness (QED) is 0.385. The minimum absolute atomic E-state index is 0.0781. The molecule has 0 saturated carbocycles. The second-order valence-electron chi connectivity index (χ2n) is 6.09. The van der Waals surface area contributed by atoms with E-state index in [-0.39, 0.29) is 4.96 Å². The van der Waals surface area contributed by atoms with Gasteiger partial charge in [-0.3, -0.25) is 10.2 Å². The van der Waals surface area contributed by atoms with Crippen LogP contribution in [0.5, 0.6) is 0 Å². The summed E-state index contributed by atoms with van der Waals surface area (Å²) >= 11 is 0.976. The number of oxime groups is 1. The molecule has 2 heterocycles. The molecule has 3 rings (SSSR count). The van der Waals surface area contributed by atoms with Crippen molar-refractivity contribution in [3.05, 3.63) is 45.7 Å². The van der Waals surface area contributed by atoms with E-state index in [0.717, 1.165) is 27.0 Å². The number of hydrogen-bond donors (Lipinski definition) is 1. The average Bonchev–Trinajstić information content (AvgIpc) is 3.16. The number of anilines is 1. The maximum absolute atomic E-state index is 12.7. The van der Waals surface area contributed by atoms with Crippen LogP contribution in [0.3, 0.4) is 0 Å². The van der Waals surface area contributed by atoms with Crippen LogP contribution in [0.4, 0.5) is 23.7 Å². The number of alkyl halides is 3. The molecular weight excluding hydrogens is 395 g/mol. The van der Waals surface area contributed by atoms with Crippen molar-refractivity contribution in [3.8, 4) is 0 Å². The molecule has 0 bridgehead atoms. The summed E-state index contributed by atoms with van der Waals surface area (Å²) in [6, 6.07) is 5.58. The van der Waals surface area contributed by atoms with Gasteiger partial charge in [-0.2, -0.15) is 18.2 Å². The summed E-state index contributed by atoms with van der Waals surface area (Å²) in [5, 5.41) is 9.88. The van der Waals surface area contributed by atoms with Crippen molar-refractivity contribution >= 4 is 33.8 Å². The second kappa shape index (κ2) is 7.23. The van der Waals surface area contributed by atoms with Gasteiger partial charge in [-0.05, 0) is 38.8 Å². The number of fused-ring (bicyclic) bond motifs is 1.